The molecule has 0 unspecified atom stereocenters. The van der Waals surface area contributed by atoms with Crippen LogP contribution in [0.4, 0.5) is 0 Å². The minimum atomic E-state index is -0.631. The van der Waals surface area contributed by atoms with Gasteiger partial charge in [-0.1, -0.05) is 30.3 Å². The van der Waals surface area contributed by atoms with Gasteiger partial charge in [-0.25, -0.2) is 4.68 Å². The van der Waals surface area contributed by atoms with Crippen LogP contribution >= 0.6 is 0 Å². The van der Waals surface area contributed by atoms with Crippen LogP contribution in [0, 0.1) is 11.3 Å². The normalized spacial score (nSPS) is 14.3. The number of hydrogen-bond acceptors (Lipinski definition) is 7. The first-order chi connectivity index (χ1) is 20.4. The summed E-state index contributed by atoms with van der Waals surface area (Å²) in [5.41, 5.74) is 3.91. The number of hydrogen-bond donors (Lipinski definition) is 0. The number of amides is 2. The summed E-state index contributed by atoms with van der Waals surface area (Å²) in [7, 11) is 4.68. The molecular formula is C33H28N4O5. The molecule has 9 heteroatoms. The van der Waals surface area contributed by atoms with Gasteiger partial charge in [-0.15, -0.1) is 0 Å². The minimum Gasteiger partial charge on any atom is -0.497 e. The van der Waals surface area contributed by atoms with Gasteiger partial charge in [0.1, 0.15) is 23.1 Å². The van der Waals surface area contributed by atoms with Crippen molar-refractivity contribution >= 4 is 17.9 Å². The van der Waals surface area contributed by atoms with Gasteiger partial charge in [0.25, 0.3) is 11.8 Å². The Balaban J connectivity index is 1.64. The highest BCUT2D eigenvalue weighted by Gasteiger charge is 2.35. The van der Waals surface area contributed by atoms with Crippen molar-refractivity contribution in [1.29, 1.82) is 5.26 Å². The molecule has 1 aliphatic rings. The third kappa shape index (κ3) is 5.25. The molecule has 0 saturated heterocycles. The predicted octanol–water partition coefficient (Wildman–Crippen LogP) is 5.36. The van der Waals surface area contributed by atoms with Crippen LogP contribution in [0.2, 0.25) is 0 Å². The Morgan fingerprint density at radius 2 is 1.60 bits per heavy atom. The number of carbonyl (C=O) groups excluding carboxylic acids is 2. The van der Waals surface area contributed by atoms with Crippen LogP contribution in [0.5, 0.6) is 17.2 Å². The van der Waals surface area contributed by atoms with Crippen molar-refractivity contribution in [2.24, 2.45) is 0 Å². The van der Waals surface area contributed by atoms with Gasteiger partial charge in [0.2, 0.25) is 0 Å². The number of imide groups is 1. The molecule has 2 amide bonds. The van der Waals surface area contributed by atoms with Gasteiger partial charge >= 0.3 is 0 Å². The van der Waals surface area contributed by atoms with E-state index in [-0.39, 0.29) is 17.7 Å². The molecule has 0 radical (unpaired) electrons. The summed E-state index contributed by atoms with van der Waals surface area (Å²) in [6, 6.07) is 24.1. The summed E-state index contributed by atoms with van der Waals surface area (Å²) in [4.78, 5) is 28.2. The van der Waals surface area contributed by atoms with Crippen LogP contribution in [-0.2, 0) is 16.1 Å². The maximum Gasteiger partial charge on any atom is 0.271 e. The molecule has 0 fully saturated rings. The van der Waals surface area contributed by atoms with Crippen LogP contribution in [0.15, 0.2) is 95.7 Å². The van der Waals surface area contributed by atoms with Crippen LogP contribution in [0.25, 0.3) is 23.0 Å². The van der Waals surface area contributed by atoms with E-state index in [2.05, 4.69) is 0 Å². The molecule has 0 bridgehead atoms. The van der Waals surface area contributed by atoms with Gasteiger partial charge in [0.15, 0.2) is 11.5 Å². The molecule has 1 aromatic heterocycles. The lowest BCUT2D eigenvalue weighted by molar-refractivity contribution is -0.141. The van der Waals surface area contributed by atoms with Gasteiger partial charge in [-0.3, -0.25) is 14.5 Å². The van der Waals surface area contributed by atoms with E-state index in [0.717, 1.165) is 21.7 Å². The van der Waals surface area contributed by atoms with Gasteiger partial charge < -0.3 is 14.2 Å². The quantitative estimate of drug-likeness (QED) is 0.211. The highest BCUT2D eigenvalue weighted by molar-refractivity contribution is 6.19. The summed E-state index contributed by atoms with van der Waals surface area (Å²) in [5, 5.41) is 14.7. The molecule has 5 rings (SSSR count). The molecule has 9 nitrogen and oxygen atoms in total. The van der Waals surface area contributed by atoms with Gasteiger partial charge in [-0.05, 0) is 66.6 Å². The lowest BCUT2D eigenvalue weighted by atomic mass is 9.93. The number of para-hydroxylation sites is 1. The Kier molecular flexibility index (Phi) is 7.89. The molecule has 0 aliphatic carbocycles. The van der Waals surface area contributed by atoms with Gasteiger partial charge in [0, 0.05) is 22.9 Å². The van der Waals surface area contributed by atoms with Crippen molar-refractivity contribution in [1.82, 2.24) is 14.7 Å². The number of carbonyl (C=O) groups is 2. The molecule has 0 atom stereocenters. The van der Waals surface area contributed by atoms with E-state index >= 15 is 0 Å². The van der Waals surface area contributed by atoms with E-state index < -0.39 is 11.8 Å². The number of nitriles is 1. The first-order valence-corrected chi connectivity index (χ1v) is 13.1. The largest absolute Gasteiger partial charge is 0.497 e. The number of rotatable bonds is 8. The monoisotopic (exact) mass is 560 g/mol. The Labute approximate surface area is 243 Å². The van der Waals surface area contributed by atoms with Crippen molar-refractivity contribution in [2.45, 2.75) is 13.5 Å². The highest BCUT2D eigenvalue weighted by atomic mass is 16.5. The SMILES string of the molecule is COc1ccc(CN2C(=O)C(C#N)=C(C)/C(=C\c3cn(-c4ccccc4)nc3-c3ccc(OC)c(OC)c3)C2=O)cc1. The van der Waals surface area contributed by atoms with E-state index in [0.29, 0.717) is 34.1 Å². The third-order valence-electron chi connectivity index (χ3n) is 7.05. The topological polar surface area (TPSA) is 107 Å². The molecule has 210 valence electrons. The number of methoxy groups -OCH3 is 3. The van der Waals surface area contributed by atoms with Crippen molar-refractivity contribution in [3.8, 4) is 40.3 Å². The highest BCUT2D eigenvalue weighted by Crippen LogP contribution is 2.36. The zero-order valence-electron chi connectivity index (χ0n) is 23.6. The second-order valence-corrected chi connectivity index (χ2v) is 9.50. The Morgan fingerprint density at radius 1 is 0.881 bits per heavy atom. The summed E-state index contributed by atoms with van der Waals surface area (Å²) >= 11 is 0. The molecular weight excluding hydrogens is 532 g/mol. The van der Waals surface area contributed by atoms with Gasteiger partial charge in [0.05, 0.1) is 33.6 Å². The molecule has 0 N–H and O–H groups in total. The third-order valence-corrected chi connectivity index (χ3v) is 7.05. The first kappa shape index (κ1) is 27.9. The van der Waals surface area contributed by atoms with Crippen LogP contribution in [0.1, 0.15) is 18.1 Å². The van der Waals surface area contributed by atoms with Crippen LogP contribution in [0.3, 0.4) is 0 Å². The van der Waals surface area contributed by atoms with E-state index in [1.807, 2.05) is 54.7 Å². The zero-order valence-corrected chi connectivity index (χ0v) is 23.6. The zero-order chi connectivity index (χ0) is 29.8. The number of aromatic nitrogens is 2. The average molecular weight is 561 g/mol. The predicted molar refractivity (Wildman–Crippen MR) is 157 cm³/mol. The molecule has 0 saturated carbocycles. The molecule has 3 aromatic carbocycles. The van der Waals surface area contributed by atoms with Crippen LogP contribution < -0.4 is 14.2 Å². The summed E-state index contributed by atoms with van der Waals surface area (Å²) in [6.45, 7) is 1.62. The average Bonchev–Trinajstić information content (AvgIpc) is 3.46. The standard InChI is InChI=1S/C33H28N4O5/c1-21-27(32(38)36(33(39)28(21)18-34)19-22-10-13-26(40-2)14-11-22)16-24-20-37(25-8-6-5-7-9-25)35-31(24)23-12-15-29(41-3)30(17-23)42-4/h5-17,20H,19H2,1-4H3/b27-16+. The van der Waals surface area contributed by atoms with Crippen LogP contribution in [-0.4, -0.2) is 47.8 Å². The molecule has 42 heavy (non-hydrogen) atoms. The Hall–Kier alpha value is -5.62. The minimum absolute atomic E-state index is 0.00325. The fourth-order valence-corrected chi connectivity index (χ4v) is 4.76. The molecule has 1 aliphatic heterocycles. The Bertz CT molecular complexity index is 1760. The fourth-order valence-electron chi connectivity index (χ4n) is 4.76. The first-order valence-electron chi connectivity index (χ1n) is 13.1. The van der Waals surface area contributed by atoms with E-state index in [1.54, 1.807) is 69.3 Å². The van der Waals surface area contributed by atoms with E-state index in [1.165, 1.54) is 0 Å². The van der Waals surface area contributed by atoms with E-state index in [4.69, 9.17) is 19.3 Å². The number of ether oxygens (including phenoxy) is 3. The smallest absolute Gasteiger partial charge is 0.271 e. The molecule has 4 aromatic rings. The number of nitrogens with zero attached hydrogens (tertiary/aromatic N) is 4. The van der Waals surface area contributed by atoms with E-state index in [9.17, 15) is 14.9 Å². The van der Waals surface area contributed by atoms with Crippen molar-refractivity contribution in [3.05, 3.63) is 107 Å². The summed E-state index contributed by atoms with van der Waals surface area (Å²) in [6.07, 6.45) is 3.49. The van der Waals surface area contributed by atoms with Crippen molar-refractivity contribution in [2.75, 3.05) is 21.3 Å². The fraction of sp³-hybridized carbons (Fsp3) is 0.152. The van der Waals surface area contributed by atoms with Gasteiger partial charge in [-0.2, -0.15) is 10.4 Å². The maximum absolute atomic E-state index is 13.9. The molecule has 2 heterocycles. The van der Waals surface area contributed by atoms with Crippen molar-refractivity contribution in [3.63, 3.8) is 0 Å². The molecule has 0 spiro atoms. The Morgan fingerprint density at radius 3 is 2.24 bits per heavy atom. The van der Waals surface area contributed by atoms with Crippen molar-refractivity contribution < 1.29 is 23.8 Å². The number of benzene rings is 3. The summed E-state index contributed by atoms with van der Waals surface area (Å²) in [5.74, 6) is 0.611. The lowest BCUT2D eigenvalue weighted by Gasteiger charge is -2.27. The summed E-state index contributed by atoms with van der Waals surface area (Å²) < 4.78 is 17.8. The lowest BCUT2D eigenvalue weighted by Crippen LogP contribution is -2.42. The second-order valence-electron chi connectivity index (χ2n) is 9.50. The second kappa shape index (κ2) is 11.9. The maximum atomic E-state index is 13.9.